The van der Waals surface area contributed by atoms with E-state index in [0.717, 1.165) is 0 Å². The molecular formula is C11H22O4. The second kappa shape index (κ2) is 5.80. The van der Waals surface area contributed by atoms with Gasteiger partial charge in [-0.05, 0) is 20.8 Å². The summed E-state index contributed by atoms with van der Waals surface area (Å²) in [5.74, 6) is 0. The van der Waals surface area contributed by atoms with Gasteiger partial charge in [-0.15, -0.1) is 0 Å². The van der Waals surface area contributed by atoms with Gasteiger partial charge in [0.25, 0.3) is 0 Å². The van der Waals surface area contributed by atoms with E-state index in [1.54, 1.807) is 14.2 Å². The molecule has 0 radical (unpaired) electrons. The van der Waals surface area contributed by atoms with Crippen molar-refractivity contribution in [2.45, 2.75) is 51.3 Å². The predicted octanol–water partition coefficient (Wildman–Crippen LogP) is 1.23. The molecule has 1 fully saturated rings. The molecule has 2 unspecified atom stereocenters. The first kappa shape index (κ1) is 12.9. The molecular weight excluding hydrogens is 196 g/mol. The monoisotopic (exact) mass is 218 g/mol. The number of hydrogen-bond donors (Lipinski definition) is 0. The molecule has 0 saturated carbocycles. The maximum absolute atomic E-state index is 5.74. The van der Waals surface area contributed by atoms with Gasteiger partial charge in [0, 0.05) is 20.8 Å². The van der Waals surface area contributed by atoms with Crippen molar-refractivity contribution >= 4 is 0 Å². The summed E-state index contributed by atoms with van der Waals surface area (Å²) in [6.07, 6.45) is -0.109. The van der Waals surface area contributed by atoms with Crippen LogP contribution < -0.4 is 0 Å². The first-order valence-corrected chi connectivity index (χ1v) is 5.48. The van der Waals surface area contributed by atoms with Crippen molar-refractivity contribution < 1.29 is 18.9 Å². The molecule has 0 spiro atoms. The fourth-order valence-corrected chi connectivity index (χ4v) is 2.25. The van der Waals surface area contributed by atoms with E-state index < -0.39 is 0 Å². The zero-order chi connectivity index (χ0) is 11.4. The van der Waals surface area contributed by atoms with E-state index in [9.17, 15) is 0 Å². The van der Waals surface area contributed by atoms with Crippen molar-refractivity contribution in [3.8, 4) is 0 Å². The SMILES string of the molecule is CCOC1[C@@H](OC)C(C)O[C@@H](C)[C@@H]1OC. The van der Waals surface area contributed by atoms with Crippen molar-refractivity contribution in [1.29, 1.82) is 0 Å². The van der Waals surface area contributed by atoms with Gasteiger partial charge in [0.1, 0.15) is 18.3 Å². The van der Waals surface area contributed by atoms with E-state index in [4.69, 9.17) is 18.9 Å². The first-order chi connectivity index (χ1) is 7.15. The van der Waals surface area contributed by atoms with Gasteiger partial charge in [0.05, 0.1) is 12.2 Å². The lowest BCUT2D eigenvalue weighted by molar-refractivity contribution is -0.238. The van der Waals surface area contributed by atoms with Crippen LogP contribution in [0.1, 0.15) is 20.8 Å². The van der Waals surface area contributed by atoms with Crippen LogP contribution in [0, 0.1) is 0 Å². The molecule has 0 aromatic heterocycles. The van der Waals surface area contributed by atoms with E-state index >= 15 is 0 Å². The van der Waals surface area contributed by atoms with Gasteiger partial charge in [-0.2, -0.15) is 0 Å². The Balaban J connectivity index is 2.77. The van der Waals surface area contributed by atoms with E-state index in [2.05, 4.69) is 0 Å². The van der Waals surface area contributed by atoms with Crippen LogP contribution in [0.4, 0.5) is 0 Å². The zero-order valence-electron chi connectivity index (χ0n) is 10.2. The normalized spacial score (nSPS) is 41.8. The van der Waals surface area contributed by atoms with Crippen LogP contribution in [0.2, 0.25) is 0 Å². The Morgan fingerprint density at radius 3 is 1.73 bits per heavy atom. The van der Waals surface area contributed by atoms with Gasteiger partial charge in [0.2, 0.25) is 0 Å². The number of rotatable bonds is 4. The Bertz CT molecular complexity index is 169. The van der Waals surface area contributed by atoms with Gasteiger partial charge in [-0.25, -0.2) is 0 Å². The standard InChI is InChI=1S/C11H22O4/c1-6-14-11-9(12-4)7(2)15-8(3)10(11)13-5/h7-11H,6H2,1-5H3/t7-,8?,9-,10-,11?/m0/s1. The minimum Gasteiger partial charge on any atom is -0.376 e. The topological polar surface area (TPSA) is 36.9 Å². The fourth-order valence-electron chi connectivity index (χ4n) is 2.25. The second-order valence-corrected chi connectivity index (χ2v) is 3.87. The highest BCUT2D eigenvalue weighted by Crippen LogP contribution is 2.26. The predicted molar refractivity (Wildman–Crippen MR) is 57.0 cm³/mol. The second-order valence-electron chi connectivity index (χ2n) is 3.87. The Kier molecular flexibility index (Phi) is 4.99. The van der Waals surface area contributed by atoms with Crippen LogP contribution >= 0.6 is 0 Å². The lowest BCUT2D eigenvalue weighted by atomic mass is 9.96. The molecule has 1 rings (SSSR count). The summed E-state index contributed by atoms with van der Waals surface area (Å²) < 4.78 is 22.3. The molecule has 4 nitrogen and oxygen atoms in total. The van der Waals surface area contributed by atoms with Crippen LogP contribution in [0.25, 0.3) is 0 Å². The van der Waals surface area contributed by atoms with E-state index in [-0.39, 0.29) is 30.5 Å². The summed E-state index contributed by atoms with van der Waals surface area (Å²) >= 11 is 0. The highest BCUT2D eigenvalue weighted by molar-refractivity contribution is 4.91. The fraction of sp³-hybridized carbons (Fsp3) is 1.00. The lowest BCUT2D eigenvalue weighted by Crippen LogP contribution is -2.58. The molecule has 0 aromatic rings. The number of methoxy groups -OCH3 is 2. The summed E-state index contributed by atoms with van der Waals surface area (Å²) in [4.78, 5) is 0. The molecule has 0 amide bonds. The van der Waals surface area contributed by atoms with Crippen LogP contribution in [-0.2, 0) is 18.9 Å². The average Bonchev–Trinajstić information content (AvgIpc) is 2.18. The molecule has 0 bridgehead atoms. The summed E-state index contributed by atoms with van der Waals surface area (Å²) in [6, 6.07) is 0. The summed E-state index contributed by atoms with van der Waals surface area (Å²) in [5, 5.41) is 0. The average molecular weight is 218 g/mol. The van der Waals surface area contributed by atoms with Gasteiger partial charge in [-0.3, -0.25) is 0 Å². The third-order valence-electron chi connectivity index (χ3n) is 2.91. The summed E-state index contributed by atoms with van der Waals surface area (Å²) in [6.45, 7) is 6.64. The maximum Gasteiger partial charge on any atom is 0.115 e. The minimum atomic E-state index is -0.0638. The van der Waals surface area contributed by atoms with Gasteiger partial charge < -0.3 is 18.9 Å². The van der Waals surface area contributed by atoms with Crippen LogP contribution in [0.5, 0.6) is 0 Å². The van der Waals surface area contributed by atoms with Gasteiger partial charge >= 0.3 is 0 Å². The molecule has 15 heavy (non-hydrogen) atoms. The molecule has 1 aliphatic rings. The molecule has 1 heterocycles. The van der Waals surface area contributed by atoms with Crippen LogP contribution in [-0.4, -0.2) is 51.3 Å². The third-order valence-corrected chi connectivity index (χ3v) is 2.91. The largest absolute Gasteiger partial charge is 0.376 e. The van der Waals surface area contributed by atoms with Crippen molar-refractivity contribution in [2.24, 2.45) is 0 Å². The molecule has 5 atom stereocenters. The van der Waals surface area contributed by atoms with Gasteiger partial charge in [-0.1, -0.05) is 0 Å². The minimum absolute atomic E-state index is 0.0351. The molecule has 0 aliphatic carbocycles. The number of ether oxygens (including phenoxy) is 4. The van der Waals surface area contributed by atoms with Crippen molar-refractivity contribution in [1.82, 2.24) is 0 Å². The smallest absolute Gasteiger partial charge is 0.115 e. The Morgan fingerprint density at radius 1 is 0.933 bits per heavy atom. The van der Waals surface area contributed by atoms with Gasteiger partial charge in [0.15, 0.2) is 0 Å². The first-order valence-electron chi connectivity index (χ1n) is 5.48. The lowest BCUT2D eigenvalue weighted by Gasteiger charge is -2.43. The van der Waals surface area contributed by atoms with Crippen molar-refractivity contribution in [3.63, 3.8) is 0 Å². The summed E-state index contributed by atoms with van der Waals surface area (Å²) in [5.41, 5.74) is 0. The number of hydrogen-bond acceptors (Lipinski definition) is 4. The molecule has 1 saturated heterocycles. The van der Waals surface area contributed by atoms with Crippen molar-refractivity contribution in [3.05, 3.63) is 0 Å². The zero-order valence-corrected chi connectivity index (χ0v) is 10.2. The van der Waals surface area contributed by atoms with Crippen molar-refractivity contribution in [2.75, 3.05) is 20.8 Å². The Morgan fingerprint density at radius 2 is 1.40 bits per heavy atom. The quantitative estimate of drug-likeness (QED) is 0.711. The van der Waals surface area contributed by atoms with E-state index in [1.807, 2.05) is 20.8 Å². The Labute approximate surface area is 91.8 Å². The third kappa shape index (κ3) is 2.69. The van der Waals surface area contributed by atoms with E-state index in [1.165, 1.54) is 0 Å². The van der Waals surface area contributed by atoms with Crippen LogP contribution in [0.15, 0.2) is 0 Å². The highest BCUT2D eigenvalue weighted by atomic mass is 16.6. The Hall–Kier alpha value is -0.160. The highest BCUT2D eigenvalue weighted by Gasteiger charge is 2.43. The molecule has 90 valence electrons. The molecule has 4 heteroatoms. The molecule has 1 aliphatic heterocycles. The molecule has 0 aromatic carbocycles. The van der Waals surface area contributed by atoms with Crippen LogP contribution in [0.3, 0.4) is 0 Å². The van der Waals surface area contributed by atoms with E-state index in [0.29, 0.717) is 6.61 Å². The maximum atomic E-state index is 5.74. The molecule has 0 N–H and O–H groups in total. The summed E-state index contributed by atoms with van der Waals surface area (Å²) in [7, 11) is 3.36.